The Morgan fingerprint density at radius 1 is 1.40 bits per heavy atom. The number of rotatable bonds is 7. The van der Waals surface area contributed by atoms with E-state index in [9.17, 15) is 10.1 Å². The van der Waals surface area contributed by atoms with E-state index in [0.29, 0.717) is 41.3 Å². The van der Waals surface area contributed by atoms with Crippen LogP contribution in [-0.4, -0.2) is 62.2 Å². The fraction of sp³-hybridized carbons (Fsp3) is 0.500. The summed E-state index contributed by atoms with van der Waals surface area (Å²) < 4.78 is 32.8. The molecule has 3 aromatic heterocycles. The fourth-order valence-corrected chi connectivity index (χ4v) is 5.02. The van der Waals surface area contributed by atoms with Crippen molar-refractivity contribution < 1.29 is 23.4 Å². The maximum atomic E-state index is 15.1. The van der Waals surface area contributed by atoms with Crippen molar-refractivity contribution in [2.24, 2.45) is 5.92 Å². The first-order chi connectivity index (χ1) is 16.9. The molecule has 0 spiro atoms. The first-order valence-electron chi connectivity index (χ1n) is 11.3. The highest BCUT2D eigenvalue weighted by molar-refractivity contribution is 5.69. The Kier molecular flexibility index (Phi) is 5.08. The highest BCUT2D eigenvalue weighted by Crippen LogP contribution is 2.57. The molecule has 4 fully saturated rings. The van der Waals surface area contributed by atoms with Crippen LogP contribution in [-0.2, 0) is 20.8 Å². The van der Waals surface area contributed by atoms with Gasteiger partial charge in [-0.25, -0.2) is 19.2 Å². The number of nitrogens with one attached hydrogen (secondary N) is 3. The van der Waals surface area contributed by atoms with Crippen molar-refractivity contribution >= 4 is 23.5 Å². The van der Waals surface area contributed by atoms with Gasteiger partial charge in [0.15, 0.2) is 18.1 Å². The smallest absolute Gasteiger partial charge is 0.408 e. The average Bonchev–Trinajstić information content (AvgIpc) is 3.49. The Hall–Kier alpha value is -3.76. The van der Waals surface area contributed by atoms with Crippen molar-refractivity contribution in [2.75, 3.05) is 19.0 Å². The number of hydrogen-bond acceptors (Lipinski definition) is 9. The van der Waals surface area contributed by atoms with Crippen LogP contribution in [0.3, 0.4) is 0 Å². The molecule has 0 radical (unpaired) electrons. The van der Waals surface area contributed by atoms with Gasteiger partial charge < -0.3 is 24.8 Å². The molecule has 3 atom stereocenters. The quantitative estimate of drug-likeness (QED) is 0.460. The van der Waals surface area contributed by atoms with Gasteiger partial charge in [-0.15, -0.1) is 0 Å². The number of aromatic nitrogens is 5. The molecule has 3 N–H and O–H groups in total. The summed E-state index contributed by atoms with van der Waals surface area (Å²) in [6.45, 7) is 0.246. The van der Waals surface area contributed by atoms with E-state index in [0.717, 1.165) is 19.3 Å². The number of halogens is 1. The number of nitriles is 1. The summed E-state index contributed by atoms with van der Waals surface area (Å²) >= 11 is 0. The number of anilines is 2. The van der Waals surface area contributed by atoms with Gasteiger partial charge in [0.25, 0.3) is 0 Å². The molecule has 13 heteroatoms. The van der Waals surface area contributed by atoms with E-state index >= 15 is 4.39 Å². The normalized spacial score (nSPS) is 28.7. The zero-order chi connectivity index (χ0) is 24.2. The Labute approximate surface area is 198 Å². The van der Waals surface area contributed by atoms with Crippen molar-refractivity contribution in [3.8, 4) is 6.07 Å². The van der Waals surface area contributed by atoms with E-state index < -0.39 is 24.5 Å². The van der Waals surface area contributed by atoms with Crippen molar-refractivity contribution in [1.29, 1.82) is 5.26 Å². The zero-order valence-corrected chi connectivity index (χ0v) is 18.8. The number of methoxy groups -OCH3 is 1. The topological polar surface area (TPSA) is 151 Å². The number of carbonyl (C=O) groups is 1. The summed E-state index contributed by atoms with van der Waals surface area (Å²) in [4.78, 5) is 20.9. The summed E-state index contributed by atoms with van der Waals surface area (Å²) in [5, 5.41) is 22.2. The molecule has 1 aliphatic heterocycles. The van der Waals surface area contributed by atoms with E-state index in [4.69, 9.17) is 14.2 Å². The van der Waals surface area contributed by atoms with Crippen LogP contribution < -0.4 is 10.6 Å². The van der Waals surface area contributed by atoms with Crippen LogP contribution in [0.25, 0.3) is 5.65 Å². The molecule has 2 bridgehead atoms. The van der Waals surface area contributed by atoms with E-state index in [-0.39, 0.29) is 17.8 Å². The summed E-state index contributed by atoms with van der Waals surface area (Å²) in [5.74, 6) is 1.36. The number of nitrogens with zero attached hydrogens (tertiary/aromatic N) is 5. The van der Waals surface area contributed by atoms with E-state index in [1.165, 1.54) is 0 Å². The number of hydrogen-bond donors (Lipinski definition) is 3. The minimum atomic E-state index is -1.56. The number of imidazole rings is 1. The molecule has 0 aromatic carbocycles. The van der Waals surface area contributed by atoms with E-state index in [1.54, 1.807) is 29.8 Å². The number of carbonyl (C=O) groups excluding carboxylic acids is 1. The molecule has 4 aliphatic rings. The number of H-pyrrole nitrogens is 1. The third-order valence-corrected chi connectivity index (χ3v) is 6.80. The number of fused-ring (bicyclic) bond motifs is 1. The molecule has 4 heterocycles. The van der Waals surface area contributed by atoms with Crippen LogP contribution >= 0.6 is 0 Å². The second-order valence-corrected chi connectivity index (χ2v) is 9.33. The molecule has 3 aromatic rings. The number of ether oxygens (including phenoxy) is 3. The Balaban J connectivity index is 1.14. The molecule has 1 amide bonds. The van der Waals surface area contributed by atoms with Crippen molar-refractivity contribution in [1.82, 2.24) is 29.9 Å². The minimum absolute atomic E-state index is 0.0552. The van der Waals surface area contributed by atoms with Gasteiger partial charge in [0.1, 0.15) is 23.5 Å². The van der Waals surface area contributed by atoms with Gasteiger partial charge in [-0.2, -0.15) is 10.4 Å². The highest BCUT2D eigenvalue weighted by Gasteiger charge is 2.58. The van der Waals surface area contributed by atoms with Crippen LogP contribution in [0.4, 0.5) is 21.0 Å². The molecule has 1 saturated heterocycles. The minimum Gasteiger partial charge on any atom is -0.441 e. The Bertz CT molecular complexity index is 1320. The molecular formula is C22H23FN8O4. The molecule has 182 valence electrons. The number of amides is 1. The summed E-state index contributed by atoms with van der Waals surface area (Å²) in [5.41, 5.74) is 1.59. The van der Waals surface area contributed by atoms with Gasteiger partial charge in [-0.1, -0.05) is 0 Å². The van der Waals surface area contributed by atoms with Gasteiger partial charge in [-0.3, -0.25) is 9.50 Å². The Morgan fingerprint density at radius 3 is 2.94 bits per heavy atom. The number of alkyl carbamates (subject to hydrolysis) is 1. The lowest BCUT2D eigenvalue weighted by Gasteiger charge is -2.61. The third-order valence-electron chi connectivity index (χ3n) is 6.80. The number of alkyl halides is 1. The van der Waals surface area contributed by atoms with Gasteiger partial charge >= 0.3 is 6.09 Å². The molecule has 3 aliphatic carbocycles. The van der Waals surface area contributed by atoms with E-state index in [2.05, 4.69) is 30.8 Å². The SMILES string of the molecule is COCc1cn2c(Nc3cc([C@H]4OC[C@@H](OC(=O)NC56CC(C5)C6)[C@@H]4F)[nH]n3)nc(C#N)cc2n1. The summed E-state index contributed by atoms with van der Waals surface area (Å²) in [6, 6.07) is 5.15. The van der Waals surface area contributed by atoms with Gasteiger partial charge in [-0.05, 0) is 25.2 Å². The second-order valence-electron chi connectivity index (χ2n) is 9.33. The maximum Gasteiger partial charge on any atom is 0.408 e. The monoisotopic (exact) mass is 482 g/mol. The Morgan fingerprint density at radius 2 is 2.23 bits per heavy atom. The third kappa shape index (κ3) is 3.84. The molecule has 12 nitrogen and oxygen atoms in total. The molecule has 0 unspecified atom stereocenters. The predicted molar refractivity (Wildman–Crippen MR) is 117 cm³/mol. The van der Waals surface area contributed by atoms with Gasteiger partial charge in [0.05, 0.1) is 24.6 Å². The summed E-state index contributed by atoms with van der Waals surface area (Å²) in [6.07, 6.45) is 0.518. The lowest BCUT2D eigenvalue weighted by atomic mass is 9.50. The second kappa shape index (κ2) is 8.17. The zero-order valence-electron chi connectivity index (χ0n) is 18.8. The standard InChI is InChI=1S/C22H23FN8O4/c1-33-9-13-8-31-17(25-13)2-12(7-24)26-20(31)27-16-3-14(29-30-16)19-18(23)15(10-34-19)35-21(32)28-22-4-11(5-22)6-22/h2-3,8,11,15,18-19H,4-6,9-10H2,1H3,(H,28,32)(H2,26,27,29,30)/t11?,15-,18+,19-,22?/m1/s1. The van der Waals surface area contributed by atoms with Crippen LogP contribution in [0, 0.1) is 17.2 Å². The molecule has 7 rings (SSSR count). The van der Waals surface area contributed by atoms with Crippen molar-refractivity contribution in [2.45, 2.75) is 49.8 Å². The highest BCUT2D eigenvalue weighted by atomic mass is 19.1. The maximum absolute atomic E-state index is 15.1. The predicted octanol–water partition coefficient (Wildman–Crippen LogP) is 2.27. The lowest BCUT2D eigenvalue weighted by molar-refractivity contribution is -0.0528. The summed E-state index contributed by atoms with van der Waals surface area (Å²) in [7, 11) is 1.56. The van der Waals surface area contributed by atoms with Crippen LogP contribution in [0.15, 0.2) is 18.3 Å². The first-order valence-corrected chi connectivity index (χ1v) is 11.3. The van der Waals surface area contributed by atoms with Crippen molar-refractivity contribution in [3.05, 3.63) is 35.4 Å². The fourth-order valence-electron chi connectivity index (χ4n) is 5.02. The van der Waals surface area contributed by atoms with Crippen molar-refractivity contribution in [3.63, 3.8) is 0 Å². The molecule has 3 saturated carbocycles. The molecular weight excluding hydrogens is 459 g/mol. The average molecular weight is 482 g/mol. The van der Waals surface area contributed by atoms with Gasteiger partial charge in [0, 0.05) is 31.0 Å². The van der Waals surface area contributed by atoms with E-state index in [1.807, 2.05) is 6.07 Å². The van der Waals surface area contributed by atoms with Crippen LogP contribution in [0.5, 0.6) is 0 Å². The number of aromatic amines is 1. The lowest BCUT2D eigenvalue weighted by Crippen LogP contribution is -2.68. The molecule has 35 heavy (non-hydrogen) atoms. The van der Waals surface area contributed by atoms with Gasteiger partial charge in [0.2, 0.25) is 5.95 Å². The first kappa shape index (κ1) is 21.8. The van der Waals surface area contributed by atoms with Crippen LogP contribution in [0.2, 0.25) is 0 Å². The largest absolute Gasteiger partial charge is 0.441 e. The van der Waals surface area contributed by atoms with Crippen LogP contribution in [0.1, 0.15) is 42.4 Å².